The Morgan fingerprint density at radius 1 is 0.967 bits per heavy atom. The summed E-state index contributed by atoms with van der Waals surface area (Å²) in [5.41, 5.74) is 7.76. The van der Waals surface area contributed by atoms with Gasteiger partial charge < -0.3 is 10.3 Å². The lowest BCUT2D eigenvalue weighted by molar-refractivity contribution is 0.593. The van der Waals surface area contributed by atoms with Gasteiger partial charge in [-0.1, -0.05) is 30.3 Å². The van der Waals surface area contributed by atoms with Crippen LogP contribution in [0.15, 0.2) is 77.1 Å². The zero-order valence-electron chi connectivity index (χ0n) is 15.9. The lowest BCUT2D eigenvalue weighted by Crippen LogP contribution is -2.43. The van der Waals surface area contributed by atoms with E-state index in [4.69, 9.17) is 10.7 Å². The van der Waals surface area contributed by atoms with Crippen molar-refractivity contribution in [3.63, 3.8) is 0 Å². The number of imidazole rings is 1. The number of nitrogens with two attached hydrogens (primary N) is 1. The molecule has 0 saturated carbocycles. The molecule has 10 heteroatoms. The minimum atomic E-state index is -3.87. The van der Waals surface area contributed by atoms with E-state index in [2.05, 4.69) is 15.0 Å². The first-order chi connectivity index (χ1) is 14.5. The van der Waals surface area contributed by atoms with E-state index in [1.54, 1.807) is 59.4 Å². The monoisotopic (exact) mass is 419 g/mol. The Morgan fingerprint density at radius 3 is 2.50 bits per heavy atom. The highest BCUT2D eigenvalue weighted by Gasteiger charge is 2.38. The van der Waals surface area contributed by atoms with Crippen molar-refractivity contribution in [2.75, 3.05) is 10.0 Å². The van der Waals surface area contributed by atoms with Crippen LogP contribution in [0.2, 0.25) is 0 Å². The van der Waals surface area contributed by atoms with Gasteiger partial charge in [-0.2, -0.15) is 0 Å². The summed E-state index contributed by atoms with van der Waals surface area (Å²) in [5.74, 6) is 0.589. The Labute approximate surface area is 172 Å². The van der Waals surface area contributed by atoms with Crippen LogP contribution in [0.5, 0.6) is 0 Å². The first-order valence-corrected chi connectivity index (χ1v) is 10.6. The Bertz CT molecular complexity index is 1400. The fraction of sp³-hybridized carbons (Fsp3) is 0.100. The van der Waals surface area contributed by atoms with Gasteiger partial charge in [-0.05, 0) is 31.2 Å². The average molecular weight is 419 g/mol. The van der Waals surface area contributed by atoms with Crippen LogP contribution in [-0.2, 0) is 10.0 Å². The van der Waals surface area contributed by atoms with E-state index in [-0.39, 0.29) is 10.7 Å². The van der Waals surface area contributed by atoms with Crippen molar-refractivity contribution in [1.29, 1.82) is 0 Å². The molecule has 3 heterocycles. The average Bonchev–Trinajstić information content (AvgIpc) is 3.19. The highest BCUT2D eigenvalue weighted by atomic mass is 32.2. The number of aromatic nitrogens is 4. The zero-order valence-corrected chi connectivity index (χ0v) is 16.7. The van der Waals surface area contributed by atoms with Gasteiger partial charge in [-0.15, -0.1) is 0 Å². The van der Waals surface area contributed by atoms with E-state index < -0.39 is 16.1 Å². The molecule has 30 heavy (non-hydrogen) atoms. The van der Waals surface area contributed by atoms with E-state index in [0.717, 1.165) is 0 Å². The number of nitrogen functional groups attached to an aromatic ring is 1. The van der Waals surface area contributed by atoms with Crippen LogP contribution < -0.4 is 10.0 Å². The maximum Gasteiger partial charge on any atom is 0.271 e. The fourth-order valence-electron chi connectivity index (χ4n) is 3.53. The summed E-state index contributed by atoms with van der Waals surface area (Å²) in [4.78, 5) is 17.4. The van der Waals surface area contributed by atoms with Gasteiger partial charge >= 0.3 is 0 Å². The number of anilines is 2. The number of benzene rings is 2. The standard InChI is InChI=1S/C20H17N7O2S/c1-13(26-12-24-17-18(21)22-11-23-20(17)26)19-25-15-9-5-6-10-16(15)30(28,29)27(19)14-7-3-2-4-8-14/h2-13H,1H3,(H2,21,22,23). The zero-order chi connectivity index (χ0) is 20.9. The molecule has 0 fully saturated rings. The van der Waals surface area contributed by atoms with Crippen molar-refractivity contribution in [2.24, 2.45) is 4.99 Å². The molecule has 5 rings (SSSR count). The maximum atomic E-state index is 13.6. The van der Waals surface area contributed by atoms with Gasteiger partial charge in [0.15, 0.2) is 11.5 Å². The van der Waals surface area contributed by atoms with Crippen LogP contribution >= 0.6 is 0 Å². The molecule has 0 saturated heterocycles. The van der Waals surface area contributed by atoms with Gasteiger partial charge in [0, 0.05) is 0 Å². The van der Waals surface area contributed by atoms with E-state index in [9.17, 15) is 8.42 Å². The fourth-order valence-corrected chi connectivity index (χ4v) is 5.20. The summed E-state index contributed by atoms with van der Waals surface area (Å²) in [6.07, 6.45) is 2.92. The second kappa shape index (κ2) is 6.63. The predicted molar refractivity (Wildman–Crippen MR) is 114 cm³/mol. The molecule has 4 aromatic rings. The normalized spacial score (nSPS) is 16.2. The third-order valence-electron chi connectivity index (χ3n) is 5.00. The Balaban J connectivity index is 1.75. The first kappa shape index (κ1) is 18.3. The number of hydrogen-bond acceptors (Lipinski definition) is 7. The van der Waals surface area contributed by atoms with Crippen molar-refractivity contribution in [2.45, 2.75) is 17.9 Å². The predicted octanol–water partition coefficient (Wildman–Crippen LogP) is 2.91. The van der Waals surface area contributed by atoms with Gasteiger partial charge in [-0.25, -0.2) is 32.7 Å². The molecule has 2 aromatic heterocycles. The summed E-state index contributed by atoms with van der Waals surface area (Å²) in [7, 11) is -3.87. The van der Waals surface area contributed by atoms with Crippen LogP contribution in [0.1, 0.15) is 13.0 Å². The van der Waals surface area contributed by atoms with Crippen LogP contribution in [-0.4, -0.2) is 33.8 Å². The number of fused-ring (bicyclic) bond motifs is 2. The molecule has 2 N–H and O–H groups in total. The number of aliphatic imine (C=N–C) groups is 1. The molecule has 1 unspecified atom stereocenters. The number of hydrogen-bond donors (Lipinski definition) is 1. The van der Waals surface area contributed by atoms with Gasteiger partial charge in [-0.3, -0.25) is 0 Å². The third kappa shape index (κ3) is 2.65. The van der Waals surface area contributed by atoms with Crippen molar-refractivity contribution < 1.29 is 8.42 Å². The Morgan fingerprint density at radius 2 is 1.70 bits per heavy atom. The maximum absolute atomic E-state index is 13.6. The Hall–Kier alpha value is -3.79. The van der Waals surface area contributed by atoms with E-state index >= 15 is 0 Å². The summed E-state index contributed by atoms with van der Waals surface area (Å²) in [6.45, 7) is 1.84. The van der Waals surface area contributed by atoms with Crippen molar-refractivity contribution >= 4 is 44.2 Å². The molecule has 1 aliphatic rings. The van der Waals surface area contributed by atoms with E-state index in [1.807, 2.05) is 13.0 Å². The molecule has 0 amide bonds. The largest absolute Gasteiger partial charge is 0.382 e. The van der Waals surface area contributed by atoms with E-state index in [1.165, 1.54) is 10.6 Å². The molecule has 0 bridgehead atoms. The second-order valence-electron chi connectivity index (χ2n) is 6.80. The lowest BCUT2D eigenvalue weighted by Gasteiger charge is -2.33. The molecule has 1 atom stereocenters. The SMILES string of the molecule is CC(C1=Nc2ccccc2S(=O)(=O)N1c1ccccc1)n1cnc2c(N)ncnc21. The first-order valence-electron chi connectivity index (χ1n) is 9.19. The van der Waals surface area contributed by atoms with Crippen molar-refractivity contribution in [1.82, 2.24) is 19.5 Å². The number of sulfonamides is 1. The number of para-hydroxylation sites is 2. The van der Waals surface area contributed by atoms with E-state index in [0.29, 0.717) is 28.4 Å². The molecule has 2 aromatic carbocycles. The highest BCUT2D eigenvalue weighted by molar-refractivity contribution is 7.93. The summed E-state index contributed by atoms with van der Waals surface area (Å²) in [6, 6.07) is 15.1. The van der Waals surface area contributed by atoms with Crippen molar-refractivity contribution in [3.8, 4) is 0 Å². The van der Waals surface area contributed by atoms with Gasteiger partial charge in [0.1, 0.15) is 22.6 Å². The summed E-state index contributed by atoms with van der Waals surface area (Å²) in [5, 5.41) is 0. The van der Waals surface area contributed by atoms with Gasteiger partial charge in [0.2, 0.25) is 0 Å². The van der Waals surface area contributed by atoms with Crippen molar-refractivity contribution in [3.05, 3.63) is 67.3 Å². The summed E-state index contributed by atoms with van der Waals surface area (Å²) >= 11 is 0. The molecule has 9 nitrogen and oxygen atoms in total. The third-order valence-corrected chi connectivity index (χ3v) is 6.77. The molecular formula is C20H17N7O2S. The number of rotatable bonds is 3. The topological polar surface area (TPSA) is 119 Å². The van der Waals surface area contributed by atoms with Crippen LogP contribution in [0.3, 0.4) is 0 Å². The molecule has 150 valence electrons. The van der Waals surface area contributed by atoms with Crippen LogP contribution in [0.4, 0.5) is 17.2 Å². The Kier molecular flexibility index (Phi) is 4.03. The minimum absolute atomic E-state index is 0.159. The molecular weight excluding hydrogens is 402 g/mol. The second-order valence-corrected chi connectivity index (χ2v) is 8.56. The smallest absolute Gasteiger partial charge is 0.271 e. The molecule has 0 spiro atoms. The minimum Gasteiger partial charge on any atom is -0.382 e. The quantitative estimate of drug-likeness (QED) is 0.545. The van der Waals surface area contributed by atoms with Gasteiger partial charge in [0.05, 0.1) is 23.7 Å². The molecule has 1 aliphatic heterocycles. The molecule has 0 aliphatic carbocycles. The lowest BCUT2D eigenvalue weighted by atomic mass is 10.2. The van der Waals surface area contributed by atoms with Crippen LogP contribution in [0.25, 0.3) is 11.2 Å². The van der Waals surface area contributed by atoms with Gasteiger partial charge in [0.25, 0.3) is 10.0 Å². The molecule has 0 radical (unpaired) electrons. The number of amidine groups is 1. The summed E-state index contributed by atoms with van der Waals surface area (Å²) < 4.78 is 30.2. The highest BCUT2D eigenvalue weighted by Crippen LogP contribution is 2.38. The van der Waals surface area contributed by atoms with Crippen LogP contribution in [0, 0.1) is 0 Å². The number of nitrogens with zero attached hydrogens (tertiary/aromatic N) is 6.